The lowest BCUT2D eigenvalue weighted by Crippen LogP contribution is -2.00. The largest absolute Gasteiger partial charge is 0.456 e. The third-order valence-electron chi connectivity index (χ3n) is 10.9. The molecule has 8 aromatic carbocycles. The zero-order valence-electron chi connectivity index (χ0n) is 30.3. The first-order valence-corrected chi connectivity index (χ1v) is 18.9. The molecule has 4 aromatic heterocycles. The Morgan fingerprint density at radius 2 is 0.789 bits per heavy atom. The summed E-state index contributed by atoms with van der Waals surface area (Å²) in [6, 6.07) is 59.9. The van der Waals surface area contributed by atoms with Crippen LogP contribution in [0.4, 0.5) is 0 Å². The summed E-state index contributed by atoms with van der Waals surface area (Å²) in [7, 11) is 0. The lowest BCUT2D eigenvalue weighted by atomic mass is 9.94. The molecule has 0 saturated heterocycles. The van der Waals surface area contributed by atoms with Crippen LogP contribution in [-0.4, -0.2) is 15.0 Å². The van der Waals surface area contributed by atoms with Gasteiger partial charge in [-0.05, 0) is 59.7 Å². The van der Waals surface area contributed by atoms with E-state index in [1.165, 1.54) is 0 Å². The van der Waals surface area contributed by atoms with Crippen LogP contribution < -0.4 is 0 Å². The molecule has 6 nitrogen and oxygen atoms in total. The number of nitrogens with zero attached hydrogens (tertiary/aromatic N) is 3. The average Bonchev–Trinajstić information content (AvgIpc) is 3.97. The van der Waals surface area contributed by atoms with Crippen molar-refractivity contribution in [1.29, 1.82) is 0 Å². The van der Waals surface area contributed by atoms with Gasteiger partial charge in [-0.3, -0.25) is 0 Å². The molecule has 0 fully saturated rings. The van der Waals surface area contributed by atoms with E-state index in [0.717, 1.165) is 105 Å². The molecule has 0 radical (unpaired) electrons. The van der Waals surface area contributed by atoms with Gasteiger partial charge in [-0.1, -0.05) is 127 Å². The third kappa shape index (κ3) is 5.08. The summed E-state index contributed by atoms with van der Waals surface area (Å²) in [5.41, 5.74) is 11.7. The lowest BCUT2D eigenvalue weighted by molar-refractivity contribution is 0.665. The van der Waals surface area contributed by atoms with Crippen molar-refractivity contribution in [1.82, 2.24) is 15.0 Å². The molecule has 0 spiro atoms. The maximum Gasteiger partial charge on any atom is 0.164 e. The molecular formula is C51H29N3O3. The van der Waals surface area contributed by atoms with Crippen molar-refractivity contribution in [2.45, 2.75) is 0 Å². The fraction of sp³-hybridized carbons (Fsp3) is 0. The highest BCUT2D eigenvalue weighted by atomic mass is 16.3. The molecule has 0 aliphatic rings. The number of aromatic nitrogens is 3. The molecule has 57 heavy (non-hydrogen) atoms. The van der Waals surface area contributed by atoms with Gasteiger partial charge < -0.3 is 13.3 Å². The Labute approximate surface area is 325 Å². The van der Waals surface area contributed by atoms with E-state index in [-0.39, 0.29) is 0 Å². The number of para-hydroxylation sites is 3. The number of rotatable bonds is 5. The first kappa shape index (κ1) is 31.5. The Bertz CT molecular complexity index is 3470. The number of furan rings is 3. The first-order valence-electron chi connectivity index (χ1n) is 18.9. The molecule has 0 atom stereocenters. The van der Waals surface area contributed by atoms with Crippen LogP contribution in [0.15, 0.2) is 189 Å². The van der Waals surface area contributed by atoms with Gasteiger partial charge in [-0.25, -0.2) is 15.0 Å². The van der Waals surface area contributed by atoms with Crippen molar-refractivity contribution in [3.63, 3.8) is 0 Å². The van der Waals surface area contributed by atoms with Crippen LogP contribution in [0.1, 0.15) is 0 Å². The summed E-state index contributed by atoms with van der Waals surface area (Å²) < 4.78 is 19.7. The summed E-state index contributed by atoms with van der Waals surface area (Å²) in [6.45, 7) is 0. The van der Waals surface area contributed by atoms with Gasteiger partial charge >= 0.3 is 0 Å². The van der Waals surface area contributed by atoms with Crippen molar-refractivity contribution < 1.29 is 13.3 Å². The highest BCUT2D eigenvalue weighted by molar-refractivity contribution is 6.16. The monoisotopic (exact) mass is 731 g/mol. The average molecular weight is 732 g/mol. The van der Waals surface area contributed by atoms with E-state index < -0.39 is 0 Å². The predicted octanol–water partition coefficient (Wildman–Crippen LogP) is 13.9. The van der Waals surface area contributed by atoms with Crippen LogP contribution in [0.3, 0.4) is 0 Å². The second-order valence-electron chi connectivity index (χ2n) is 14.3. The smallest absolute Gasteiger partial charge is 0.164 e. The number of benzene rings is 8. The molecule has 4 heterocycles. The zero-order chi connectivity index (χ0) is 37.5. The SMILES string of the molecule is c1ccc(-c2nc(-c3ccccc3)nc(-c3ccc4c(c3)oc3ccc(-c5cc(-c6cccc7c6oc6ccccc67)c6oc7ccccc7c6c5)cc34)n2)cc1. The van der Waals surface area contributed by atoms with Crippen molar-refractivity contribution in [2.24, 2.45) is 0 Å². The standard InChI is InChI=1S/C51H29N3O3/c1-3-12-30(13-4-1)49-52-50(31-14-5-2-6-15-31)54-51(53-49)33-22-24-37-40-26-32(23-25-45(40)55-46(37)29-33)34-27-41-36-17-8-10-21-44(36)57-48(41)42(28-34)39-19-11-18-38-35-16-7-9-20-43(35)56-47(38)39/h1-29H. The van der Waals surface area contributed by atoms with Crippen molar-refractivity contribution in [3.8, 4) is 56.4 Å². The normalized spacial score (nSPS) is 11.9. The van der Waals surface area contributed by atoms with Crippen LogP contribution in [0.25, 0.3) is 122 Å². The summed E-state index contributed by atoms with van der Waals surface area (Å²) >= 11 is 0. The van der Waals surface area contributed by atoms with E-state index in [9.17, 15) is 0 Å². The van der Waals surface area contributed by atoms with Gasteiger partial charge in [0.15, 0.2) is 17.5 Å². The van der Waals surface area contributed by atoms with Crippen LogP contribution in [-0.2, 0) is 0 Å². The summed E-state index contributed by atoms with van der Waals surface area (Å²) in [5.74, 6) is 1.82. The molecule has 0 unspecified atom stereocenters. The van der Waals surface area contributed by atoms with Gasteiger partial charge in [0, 0.05) is 60.1 Å². The fourth-order valence-corrected chi connectivity index (χ4v) is 8.19. The summed E-state index contributed by atoms with van der Waals surface area (Å²) in [5, 5.41) is 6.33. The number of fused-ring (bicyclic) bond motifs is 9. The molecule has 266 valence electrons. The van der Waals surface area contributed by atoms with Crippen molar-refractivity contribution in [3.05, 3.63) is 176 Å². The van der Waals surface area contributed by atoms with Crippen LogP contribution in [0, 0.1) is 0 Å². The Hall–Kier alpha value is -7.83. The van der Waals surface area contributed by atoms with E-state index in [1.807, 2.05) is 91.0 Å². The topological polar surface area (TPSA) is 78.1 Å². The molecular weight excluding hydrogens is 703 g/mol. The summed E-state index contributed by atoms with van der Waals surface area (Å²) in [6.07, 6.45) is 0. The fourth-order valence-electron chi connectivity index (χ4n) is 8.19. The maximum atomic E-state index is 6.61. The highest BCUT2D eigenvalue weighted by Gasteiger charge is 2.20. The number of hydrogen-bond donors (Lipinski definition) is 0. The molecule has 12 aromatic rings. The van der Waals surface area contributed by atoms with E-state index >= 15 is 0 Å². The molecule has 6 heteroatoms. The van der Waals surface area contributed by atoms with E-state index in [4.69, 9.17) is 28.2 Å². The van der Waals surface area contributed by atoms with Crippen LogP contribution >= 0.6 is 0 Å². The number of hydrogen-bond acceptors (Lipinski definition) is 6. The molecule has 0 amide bonds. The zero-order valence-corrected chi connectivity index (χ0v) is 30.3. The molecule has 0 aliphatic heterocycles. The lowest BCUT2D eigenvalue weighted by Gasteiger charge is -2.09. The Balaban J connectivity index is 1.01. The van der Waals surface area contributed by atoms with E-state index in [2.05, 4.69) is 84.9 Å². The summed E-state index contributed by atoms with van der Waals surface area (Å²) in [4.78, 5) is 14.7. The van der Waals surface area contributed by atoms with Gasteiger partial charge in [0.05, 0.1) is 0 Å². The van der Waals surface area contributed by atoms with Gasteiger partial charge in [0.2, 0.25) is 0 Å². The van der Waals surface area contributed by atoms with Gasteiger partial charge in [-0.15, -0.1) is 0 Å². The molecule has 0 saturated carbocycles. The van der Waals surface area contributed by atoms with E-state index in [0.29, 0.717) is 17.5 Å². The van der Waals surface area contributed by atoms with E-state index in [1.54, 1.807) is 0 Å². The molecule has 0 aliphatic carbocycles. The molecule has 12 rings (SSSR count). The third-order valence-corrected chi connectivity index (χ3v) is 10.9. The van der Waals surface area contributed by atoms with Crippen molar-refractivity contribution >= 4 is 65.8 Å². The van der Waals surface area contributed by atoms with Gasteiger partial charge in [-0.2, -0.15) is 0 Å². The minimum Gasteiger partial charge on any atom is -0.456 e. The Morgan fingerprint density at radius 1 is 0.263 bits per heavy atom. The minimum atomic E-state index is 0.582. The Kier molecular flexibility index (Phi) is 6.83. The van der Waals surface area contributed by atoms with Crippen LogP contribution in [0.5, 0.6) is 0 Å². The predicted molar refractivity (Wildman–Crippen MR) is 229 cm³/mol. The van der Waals surface area contributed by atoms with Crippen molar-refractivity contribution in [2.75, 3.05) is 0 Å². The van der Waals surface area contributed by atoms with Gasteiger partial charge in [0.1, 0.15) is 33.5 Å². The maximum absolute atomic E-state index is 6.61. The van der Waals surface area contributed by atoms with Crippen LogP contribution in [0.2, 0.25) is 0 Å². The second kappa shape index (κ2) is 12.3. The molecule has 0 bridgehead atoms. The first-order chi connectivity index (χ1) is 28.2. The second-order valence-corrected chi connectivity index (χ2v) is 14.3. The highest BCUT2D eigenvalue weighted by Crippen LogP contribution is 2.44. The molecule has 0 N–H and O–H groups in total. The quantitative estimate of drug-likeness (QED) is 0.175. The Morgan fingerprint density at radius 3 is 1.49 bits per heavy atom. The minimum absolute atomic E-state index is 0.582. The van der Waals surface area contributed by atoms with Gasteiger partial charge in [0.25, 0.3) is 0 Å².